The molecule has 2 aromatic carbocycles. The predicted molar refractivity (Wildman–Crippen MR) is 97.4 cm³/mol. The maximum Gasteiger partial charge on any atom is 0.303 e. The fourth-order valence-corrected chi connectivity index (χ4v) is 2.50. The number of carboxylic acid groups (broad SMARTS) is 1. The van der Waals surface area contributed by atoms with Crippen LogP contribution in [-0.4, -0.2) is 17.7 Å². The number of benzene rings is 2. The van der Waals surface area contributed by atoms with Crippen LogP contribution in [0.3, 0.4) is 0 Å². The van der Waals surface area contributed by atoms with Gasteiger partial charge in [-0.05, 0) is 42.0 Å². The van der Waals surface area contributed by atoms with Crippen molar-refractivity contribution in [1.82, 2.24) is 0 Å². The Morgan fingerprint density at radius 1 is 1.17 bits per heavy atom. The van der Waals surface area contributed by atoms with Crippen LogP contribution >= 0.6 is 0 Å². The zero-order valence-electron chi connectivity index (χ0n) is 14.5. The lowest BCUT2D eigenvalue weighted by atomic mass is 9.99. The number of rotatable bonds is 9. The Kier molecular flexibility index (Phi) is 6.86. The average Bonchev–Trinajstić information content (AvgIpc) is 2.60. The summed E-state index contributed by atoms with van der Waals surface area (Å²) < 4.78 is 6.05. The molecule has 1 atom stereocenters. The molecular weight excluding hydrogens is 300 g/mol. The molecule has 1 unspecified atom stereocenters. The largest absolute Gasteiger partial charge is 0.493 e. The molecule has 1 N–H and O–H groups in total. The molecule has 0 saturated heterocycles. The third kappa shape index (κ3) is 5.41. The van der Waals surface area contributed by atoms with Crippen molar-refractivity contribution in [2.75, 3.05) is 6.61 Å². The summed E-state index contributed by atoms with van der Waals surface area (Å²) in [6.45, 7) is 5.05. The van der Waals surface area contributed by atoms with E-state index in [2.05, 4.69) is 32.0 Å². The average molecular weight is 326 g/mol. The highest BCUT2D eigenvalue weighted by Crippen LogP contribution is 2.32. The fourth-order valence-electron chi connectivity index (χ4n) is 2.50. The van der Waals surface area contributed by atoms with Crippen molar-refractivity contribution in [1.29, 1.82) is 0 Å². The van der Waals surface area contributed by atoms with Gasteiger partial charge < -0.3 is 9.84 Å². The number of ether oxygens (including phenoxy) is 1. The SMILES string of the molecule is CCC(C)COc1ccc(CCCC(=O)O)cc1-c1ccccc1. The van der Waals surface area contributed by atoms with Crippen molar-refractivity contribution in [3.05, 3.63) is 54.1 Å². The van der Waals surface area contributed by atoms with Crippen LogP contribution < -0.4 is 4.74 Å². The van der Waals surface area contributed by atoms with Crippen molar-refractivity contribution in [2.45, 2.75) is 39.5 Å². The van der Waals surface area contributed by atoms with E-state index < -0.39 is 5.97 Å². The number of carboxylic acids is 1. The standard InChI is InChI=1S/C21H26O3/c1-3-16(2)15-24-20-13-12-17(8-7-11-21(22)23)14-19(20)18-9-5-4-6-10-18/h4-6,9-10,12-14,16H,3,7-8,11,15H2,1-2H3,(H,22,23). The number of hydrogen-bond acceptors (Lipinski definition) is 2. The third-order valence-corrected chi connectivity index (χ3v) is 4.21. The summed E-state index contributed by atoms with van der Waals surface area (Å²) in [5, 5.41) is 8.79. The maximum absolute atomic E-state index is 10.7. The first kappa shape index (κ1) is 18.1. The quantitative estimate of drug-likeness (QED) is 0.690. The predicted octanol–water partition coefficient (Wildman–Crippen LogP) is 5.19. The fraction of sp³-hybridized carbons (Fsp3) is 0.381. The van der Waals surface area contributed by atoms with Crippen LogP contribution in [0.5, 0.6) is 5.75 Å². The molecule has 0 fully saturated rings. The van der Waals surface area contributed by atoms with Crippen LogP contribution in [-0.2, 0) is 11.2 Å². The Morgan fingerprint density at radius 3 is 2.58 bits per heavy atom. The lowest BCUT2D eigenvalue weighted by Gasteiger charge is -2.16. The molecule has 3 nitrogen and oxygen atoms in total. The van der Waals surface area contributed by atoms with Crippen LogP contribution in [0, 0.1) is 5.92 Å². The van der Waals surface area contributed by atoms with Gasteiger partial charge in [0.2, 0.25) is 0 Å². The van der Waals surface area contributed by atoms with Crippen LogP contribution in [0.4, 0.5) is 0 Å². The smallest absolute Gasteiger partial charge is 0.303 e. The second kappa shape index (κ2) is 9.11. The summed E-state index contributed by atoms with van der Waals surface area (Å²) >= 11 is 0. The minimum absolute atomic E-state index is 0.201. The molecule has 2 rings (SSSR count). The van der Waals surface area contributed by atoms with E-state index in [1.54, 1.807) is 0 Å². The van der Waals surface area contributed by atoms with Gasteiger partial charge in [-0.2, -0.15) is 0 Å². The second-order valence-corrected chi connectivity index (χ2v) is 6.27. The second-order valence-electron chi connectivity index (χ2n) is 6.27. The van der Waals surface area contributed by atoms with Crippen molar-refractivity contribution in [3.63, 3.8) is 0 Å². The first-order chi connectivity index (χ1) is 11.6. The highest BCUT2D eigenvalue weighted by molar-refractivity contribution is 5.71. The van der Waals surface area contributed by atoms with Gasteiger partial charge in [0.25, 0.3) is 0 Å². The van der Waals surface area contributed by atoms with Gasteiger partial charge in [0, 0.05) is 12.0 Å². The van der Waals surface area contributed by atoms with E-state index in [-0.39, 0.29) is 6.42 Å². The molecule has 128 valence electrons. The van der Waals surface area contributed by atoms with Crippen LogP contribution in [0.1, 0.15) is 38.7 Å². The summed E-state index contributed by atoms with van der Waals surface area (Å²) in [6, 6.07) is 16.4. The van der Waals surface area contributed by atoms with E-state index in [1.807, 2.05) is 30.3 Å². The van der Waals surface area contributed by atoms with Crippen molar-refractivity contribution in [3.8, 4) is 16.9 Å². The number of aliphatic carboxylic acids is 1. The van der Waals surface area contributed by atoms with Crippen LogP contribution in [0.25, 0.3) is 11.1 Å². The molecule has 24 heavy (non-hydrogen) atoms. The summed E-state index contributed by atoms with van der Waals surface area (Å²) in [4.78, 5) is 10.7. The molecule has 0 aromatic heterocycles. The van der Waals surface area contributed by atoms with Gasteiger partial charge in [-0.3, -0.25) is 4.79 Å². The van der Waals surface area contributed by atoms with E-state index in [4.69, 9.17) is 9.84 Å². The Labute approximate surface area is 144 Å². The lowest BCUT2D eigenvalue weighted by molar-refractivity contribution is -0.137. The van der Waals surface area contributed by atoms with E-state index in [1.165, 1.54) is 0 Å². The van der Waals surface area contributed by atoms with Crippen LogP contribution in [0.15, 0.2) is 48.5 Å². The molecule has 0 aliphatic rings. The maximum atomic E-state index is 10.7. The molecule has 2 aromatic rings. The normalized spacial score (nSPS) is 11.9. The minimum Gasteiger partial charge on any atom is -0.493 e. The zero-order chi connectivity index (χ0) is 17.4. The molecule has 0 saturated carbocycles. The van der Waals surface area contributed by atoms with Crippen molar-refractivity contribution >= 4 is 5.97 Å². The van der Waals surface area contributed by atoms with Gasteiger partial charge in [0.1, 0.15) is 5.75 Å². The highest BCUT2D eigenvalue weighted by Gasteiger charge is 2.10. The topological polar surface area (TPSA) is 46.5 Å². The van der Waals surface area contributed by atoms with Gasteiger partial charge >= 0.3 is 5.97 Å². The van der Waals surface area contributed by atoms with Gasteiger partial charge in [0.05, 0.1) is 6.61 Å². The van der Waals surface area contributed by atoms with Gasteiger partial charge in [-0.15, -0.1) is 0 Å². The van der Waals surface area contributed by atoms with E-state index in [0.717, 1.165) is 35.3 Å². The lowest BCUT2D eigenvalue weighted by Crippen LogP contribution is -2.08. The first-order valence-electron chi connectivity index (χ1n) is 8.63. The minimum atomic E-state index is -0.744. The summed E-state index contributed by atoms with van der Waals surface area (Å²) in [6.07, 6.45) is 2.70. The van der Waals surface area contributed by atoms with E-state index >= 15 is 0 Å². The molecular formula is C21H26O3. The summed E-state index contributed by atoms with van der Waals surface area (Å²) in [5.41, 5.74) is 3.34. The third-order valence-electron chi connectivity index (χ3n) is 4.21. The molecule has 0 bridgehead atoms. The number of carbonyl (C=O) groups is 1. The van der Waals surface area contributed by atoms with Gasteiger partial charge in [0.15, 0.2) is 0 Å². The Hall–Kier alpha value is -2.29. The molecule has 0 aliphatic carbocycles. The van der Waals surface area contributed by atoms with E-state index in [9.17, 15) is 4.79 Å². The molecule has 3 heteroatoms. The van der Waals surface area contributed by atoms with E-state index in [0.29, 0.717) is 18.9 Å². The number of aryl methyl sites for hydroxylation is 1. The zero-order valence-corrected chi connectivity index (χ0v) is 14.5. The number of hydrogen-bond donors (Lipinski definition) is 1. The molecule has 0 heterocycles. The first-order valence-corrected chi connectivity index (χ1v) is 8.63. The monoisotopic (exact) mass is 326 g/mol. The van der Waals surface area contributed by atoms with Gasteiger partial charge in [-0.25, -0.2) is 0 Å². The molecule has 0 spiro atoms. The molecule has 0 radical (unpaired) electrons. The molecule has 0 amide bonds. The molecule has 0 aliphatic heterocycles. The van der Waals surface area contributed by atoms with Crippen LogP contribution in [0.2, 0.25) is 0 Å². The van der Waals surface area contributed by atoms with Crippen molar-refractivity contribution < 1.29 is 14.6 Å². The Bertz CT molecular complexity index is 649. The highest BCUT2D eigenvalue weighted by atomic mass is 16.5. The Morgan fingerprint density at radius 2 is 1.92 bits per heavy atom. The Balaban J connectivity index is 2.21. The van der Waals surface area contributed by atoms with Crippen molar-refractivity contribution in [2.24, 2.45) is 5.92 Å². The summed E-state index contributed by atoms with van der Waals surface area (Å²) in [5.74, 6) is 0.666. The summed E-state index contributed by atoms with van der Waals surface area (Å²) in [7, 11) is 0. The van der Waals surface area contributed by atoms with Gasteiger partial charge in [-0.1, -0.05) is 56.7 Å².